The SMILES string of the molecule is COC(=O)[C@@H](Cc1ccc(-c2ccc(F)c(Cl)c2)cc1)NC(=O)c1cc(-c2ccc(C(F)(F)F)cc2)ccc1NC(=O)c1ccccc1. The number of carbonyl (C=O) groups excluding carboxylic acids is 3. The van der Waals surface area contributed by atoms with Crippen LogP contribution in [-0.2, 0) is 22.1 Å². The Labute approximate surface area is 278 Å². The van der Waals surface area contributed by atoms with Crippen molar-refractivity contribution in [1.82, 2.24) is 5.32 Å². The molecule has 2 N–H and O–H groups in total. The minimum Gasteiger partial charge on any atom is -0.467 e. The molecule has 0 spiro atoms. The number of hydrogen-bond donors (Lipinski definition) is 2. The molecule has 0 bridgehead atoms. The lowest BCUT2D eigenvalue weighted by molar-refractivity contribution is -0.143. The van der Waals surface area contributed by atoms with Gasteiger partial charge in [-0.25, -0.2) is 9.18 Å². The largest absolute Gasteiger partial charge is 0.467 e. The molecule has 0 fully saturated rings. The monoisotopic (exact) mass is 674 g/mol. The first kappa shape index (κ1) is 33.9. The highest BCUT2D eigenvalue weighted by molar-refractivity contribution is 6.31. The molecule has 0 aliphatic heterocycles. The lowest BCUT2D eigenvalue weighted by atomic mass is 9.98. The van der Waals surface area contributed by atoms with Crippen LogP contribution in [0.2, 0.25) is 5.02 Å². The maximum Gasteiger partial charge on any atom is 0.416 e. The van der Waals surface area contributed by atoms with E-state index in [1.54, 1.807) is 66.7 Å². The highest BCUT2D eigenvalue weighted by atomic mass is 35.5. The van der Waals surface area contributed by atoms with Crippen LogP contribution in [-0.4, -0.2) is 30.9 Å². The molecule has 11 heteroatoms. The summed E-state index contributed by atoms with van der Waals surface area (Å²) in [5.74, 6) is -2.51. The molecular weight excluding hydrogens is 648 g/mol. The molecule has 6 nitrogen and oxygen atoms in total. The number of rotatable bonds is 9. The van der Waals surface area contributed by atoms with Crippen LogP contribution in [0.25, 0.3) is 22.3 Å². The second-order valence-electron chi connectivity index (χ2n) is 10.7. The van der Waals surface area contributed by atoms with Gasteiger partial charge in [0.2, 0.25) is 0 Å². The Kier molecular flexibility index (Phi) is 10.2. The van der Waals surface area contributed by atoms with Crippen LogP contribution in [0.3, 0.4) is 0 Å². The molecule has 0 radical (unpaired) electrons. The summed E-state index contributed by atoms with van der Waals surface area (Å²) in [6, 6.07) is 27.4. The first-order chi connectivity index (χ1) is 22.9. The topological polar surface area (TPSA) is 84.5 Å². The van der Waals surface area contributed by atoms with Gasteiger partial charge >= 0.3 is 12.1 Å². The van der Waals surface area contributed by atoms with E-state index in [2.05, 4.69) is 10.6 Å². The van der Waals surface area contributed by atoms with Crippen molar-refractivity contribution >= 4 is 35.1 Å². The maximum absolute atomic E-state index is 13.8. The van der Waals surface area contributed by atoms with Gasteiger partial charge < -0.3 is 15.4 Å². The minimum atomic E-state index is -4.52. The van der Waals surface area contributed by atoms with Crippen molar-refractivity contribution in [3.8, 4) is 22.3 Å². The van der Waals surface area contributed by atoms with Gasteiger partial charge in [-0.05, 0) is 76.3 Å². The van der Waals surface area contributed by atoms with Crippen molar-refractivity contribution in [2.45, 2.75) is 18.6 Å². The summed E-state index contributed by atoms with van der Waals surface area (Å²) in [5, 5.41) is 5.37. The number of methoxy groups -OCH3 is 1. The van der Waals surface area contributed by atoms with Gasteiger partial charge in [0.05, 0.1) is 28.9 Å². The van der Waals surface area contributed by atoms with Crippen molar-refractivity contribution in [3.63, 3.8) is 0 Å². The van der Waals surface area contributed by atoms with Gasteiger partial charge in [-0.3, -0.25) is 9.59 Å². The average Bonchev–Trinajstić information content (AvgIpc) is 3.09. The van der Waals surface area contributed by atoms with E-state index in [1.807, 2.05) is 0 Å². The second kappa shape index (κ2) is 14.5. The third kappa shape index (κ3) is 8.08. The van der Waals surface area contributed by atoms with Gasteiger partial charge in [0, 0.05) is 12.0 Å². The Morgan fingerprint density at radius 1 is 0.750 bits per heavy atom. The number of hydrogen-bond acceptors (Lipinski definition) is 4. The second-order valence-corrected chi connectivity index (χ2v) is 11.1. The number of esters is 1. The standard InChI is InChI=1S/C37H27ClF4N2O4/c1-48-36(47)33(19-22-7-9-23(10-8-22)27-13-17-31(39)30(38)21-27)44-35(46)29-20-26(24-11-15-28(16-12-24)37(40,41)42)14-18-32(29)43-34(45)25-5-3-2-4-6-25/h2-18,20-21,33H,19H2,1H3,(H,43,45)(H,44,46)/t33-/m1/s1. The third-order valence-electron chi connectivity index (χ3n) is 7.53. The zero-order valence-electron chi connectivity index (χ0n) is 25.3. The highest BCUT2D eigenvalue weighted by Crippen LogP contribution is 2.32. The van der Waals surface area contributed by atoms with E-state index < -0.39 is 41.4 Å². The molecule has 0 aliphatic rings. The molecule has 0 saturated carbocycles. The highest BCUT2D eigenvalue weighted by Gasteiger charge is 2.30. The van der Waals surface area contributed by atoms with E-state index in [9.17, 15) is 31.9 Å². The first-order valence-electron chi connectivity index (χ1n) is 14.5. The molecule has 0 aliphatic carbocycles. The normalized spacial score (nSPS) is 11.8. The van der Waals surface area contributed by atoms with Crippen molar-refractivity contribution in [3.05, 3.63) is 148 Å². The van der Waals surface area contributed by atoms with Crippen molar-refractivity contribution in [2.24, 2.45) is 0 Å². The third-order valence-corrected chi connectivity index (χ3v) is 7.82. The Morgan fingerprint density at radius 2 is 1.33 bits per heavy atom. The molecule has 5 aromatic carbocycles. The average molecular weight is 675 g/mol. The summed E-state index contributed by atoms with van der Waals surface area (Å²) < 4.78 is 58.0. The summed E-state index contributed by atoms with van der Waals surface area (Å²) in [6.45, 7) is 0. The van der Waals surface area contributed by atoms with Crippen molar-refractivity contribution in [1.29, 1.82) is 0 Å². The number of halogens is 5. The van der Waals surface area contributed by atoms with E-state index in [-0.39, 0.29) is 22.7 Å². The van der Waals surface area contributed by atoms with E-state index in [1.165, 1.54) is 43.5 Å². The van der Waals surface area contributed by atoms with Crippen molar-refractivity contribution in [2.75, 3.05) is 12.4 Å². The van der Waals surface area contributed by atoms with Crippen LogP contribution in [0.15, 0.2) is 115 Å². The Hall–Kier alpha value is -5.48. The molecular formula is C37H27ClF4N2O4. The van der Waals surface area contributed by atoms with Gasteiger partial charge in [0.15, 0.2) is 0 Å². The van der Waals surface area contributed by atoms with E-state index in [4.69, 9.17) is 16.3 Å². The number of amides is 2. The van der Waals surface area contributed by atoms with Gasteiger partial charge in [-0.2, -0.15) is 13.2 Å². The molecule has 0 unspecified atom stereocenters. The lowest BCUT2D eigenvalue weighted by Crippen LogP contribution is -2.43. The summed E-state index contributed by atoms with van der Waals surface area (Å²) in [7, 11) is 1.18. The van der Waals surface area contributed by atoms with Gasteiger partial charge in [-0.1, -0.05) is 78.3 Å². The summed E-state index contributed by atoms with van der Waals surface area (Å²) in [5.41, 5.74) is 2.47. The molecule has 0 saturated heterocycles. The van der Waals surface area contributed by atoms with Crippen LogP contribution in [0.5, 0.6) is 0 Å². The fourth-order valence-corrected chi connectivity index (χ4v) is 5.15. The summed E-state index contributed by atoms with van der Waals surface area (Å²) in [6.07, 6.45) is -4.49. The molecule has 0 heterocycles. The summed E-state index contributed by atoms with van der Waals surface area (Å²) in [4.78, 5) is 39.7. The fourth-order valence-electron chi connectivity index (χ4n) is 4.97. The van der Waals surface area contributed by atoms with Gasteiger partial charge in [0.25, 0.3) is 11.8 Å². The number of alkyl halides is 3. The van der Waals surface area contributed by atoms with Crippen LogP contribution in [0.1, 0.15) is 31.8 Å². The van der Waals surface area contributed by atoms with E-state index >= 15 is 0 Å². The van der Waals surface area contributed by atoms with Crippen LogP contribution in [0.4, 0.5) is 23.2 Å². The zero-order chi connectivity index (χ0) is 34.4. The van der Waals surface area contributed by atoms with Crippen LogP contribution in [0, 0.1) is 5.82 Å². The predicted molar refractivity (Wildman–Crippen MR) is 175 cm³/mol. The number of benzene rings is 5. The minimum absolute atomic E-state index is 0.0215. The Balaban J connectivity index is 1.43. The molecule has 244 valence electrons. The molecule has 0 aromatic heterocycles. The van der Waals surface area contributed by atoms with Crippen LogP contribution >= 0.6 is 11.6 Å². The predicted octanol–water partition coefficient (Wildman–Crippen LogP) is 8.60. The van der Waals surface area contributed by atoms with Gasteiger partial charge in [-0.15, -0.1) is 0 Å². The van der Waals surface area contributed by atoms with Crippen molar-refractivity contribution < 1.29 is 36.7 Å². The molecule has 2 amide bonds. The van der Waals surface area contributed by atoms with E-state index in [0.29, 0.717) is 27.8 Å². The lowest BCUT2D eigenvalue weighted by Gasteiger charge is -2.19. The smallest absolute Gasteiger partial charge is 0.416 e. The number of ether oxygens (including phenoxy) is 1. The number of carbonyl (C=O) groups is 3. The number of anilines is 1. The first-order valence-corrected chi connectivity index (χ1v) is 14.9. The van der Waals surface area contributed by atoms with Crippen LogP contribution < -0.4 is 10.6 Å². The molecule has 1 atom stereocenters. The molecule has 5 rings (SSSR count). The molecule has 5 aromatic rings. The Bertz CT molecular complexity index is 1950. The quantitative estimate of drug-likeness (QED) is 0.121. The van der Waals surface area contributed by atoms with Gasteiger partial charge in [0.1, 0.15) is 11.9 Å². The van der Waals surface area contributed by atoms with E-state index in [0.717, 1.165) is 17.7 Å². The maximum atomic E-state index is 13.8. The fraction of sp³-hybridized carbons (Fsp3) is 0.108. The zero-order valence-corrected chi connectivity index (χ0v) is 26.0. The molecule has 48 heavy (non-hydrogen) atoms. The number of nitrogens with one attached hydrogen (secondary N) is 2. The summed E-state index contributed by atoms with van der Waals surface area (Å²) >= 11 is 5.92. The Morgan fingerprint density at radius 3 is 1.94 bits per heavy atom.